The van der Waals surface area contributed by atoms with Crippen molar-refractivity contribution in [3.8, 4) is 5.75 Å². The van der Waals surface area contributed by atoms with Crippen molar-refractivity contribution < 1.29 is 14.3 Å². The van der Waals surface area contributed by atoms with Crippen LogP contribution in [0.15, 0.2) is 28.7 Å². The number of carbonyl (C=O) groups is 2. The second kappa shape index (κ2) is 10.3. The van der Waals surface area contributed by atoms with Gasteiger partial charge in [0.2, 0.25) is 11.8 Å². The van der Waals surface area contributed by atoms with Gasteiger partial charge in [0.25, 0.3) is 0 Å². The Labute approximate surface area is 175 Å². The monoisotopic (exact) mass is 451 g/mol. The fourth-order valence-electron chi connectivity index (χ4n) is 3.80. The molecule has 2 fully saturated rings. The zero-order valence-corrected chi connectivity index (χ0v) is 18.2. The van der Waals surface area contributed by atoms with Crippen LogP contribution < -0.4 is 4.74 Å². The van der Waals surface area contributed by atoms with Gasteiger partial charge in [-0.3, -0.25) is 14.5 Å². The van der Waals surface area contributed by atoms with Gasteiger partial charge in [0.05, 0.1) is 13.1 Å². The molecule has 6 nitrogen and oxygen atoms in total. The van der Waals surface area contributed by atoms with Crippen LogP contribution in [0, 0.1) is 5.92 Å². The molecular weight excluding hydrogens is 422 g/mol. The van der Waals surface area contributed by atoms with E-state index in [2.05, 4.69) is 20.8 Å². The lowest BCUT2D eigenvalue weighted by Crippen LogP contribution is -2.45. The average molecular weight is 452 g/mol. The molecule has 7 heteroatoms. The number of likely N-dealkylation sites (N-methyl/N-ethyl adjacent to an activating group) is 1. The summed E-state index contributed by atoms with van der Waals surface area (Å²) < 4.78 is 6.70. The summed E-state index contributed by atoms with van der Waals surface area (Å²) in [7, 11) is 1.82. The largest absolute Gasteiger partial charge is 0.492 e. The number of benzene rings is 1. The first kappa shape index (κ1) is 21.1. The molecule has 2 aliphatic heterocycles. The molecule has 0 aromatic heterocycles. The maximum atomic E-state index is 12.5. The SMILES string of the molecule is CN(CCOc1ccc(Br)cc1)C(=O)CN1CCC(C(=O)N2CCCC2)CC1. The Kier molecular flexibility index (Phi) is 7.73. The minimum absolute atomic E-state index is 0.101. The first-order valence-corrected chi connectivity index (χ1v) is 11.0. The molecule has 2 heterocycles. The van der Waals surface area contributed by atoms with E-state index in [0.29, 0.717) is 25.6 Å². The van der Waals surface area contributed by atoms with Gasteiger partial charge in [-0.1, -0.05) is 15.9 Å². The normalized spacial score (nSPS) is 18.3. The van der Waals surface area contributed by atoms with E-state index in [9.17, 15) is 9.59 Å². The predicted molar refractivity (Wildman–Crippen MR) is 112 cm³/mol. The third kappa shape index (κ3) is 5.95. The third-order valence-corrected chi connectivity index (χ3v) is 6.18. The van der Waals surface area contributed by atoms with E-state index >= 15 is 0 Å². The molecule has 0 radical (unpaired) electrons. The molecule has 154 valence electrons. The fourth-order valence-corrected chi connectivity index (χ4v) is 4.07. The van der Waals surface area contributed by atoms with Gasteiger partial charge < -0.3 is 14.5 Å². The molecule has 0 bridgehead atoms. The average Bonchev–Trinajstić information content (AvgIpc) is 3.24. The number of hydrogen-bond donors (Lipinski definition) is 0. The molecule has 28 heavy (non-hydrogen) atoms. The highest BCUT2D eigenvalue weighted by molar-refractivity contribution is 9.10. The lowest BCUT2D eigenvalue weighted by molar-refractivity contribution is -0.136. The Hall–Kier alpha value is -1.60. The summed E-state index contributed by atoms with van der Waals surface area (Å²) in [5.74, 6) is 1.37. The molecule has 0 spiro atoms. The fraction of sp³-hybridized carbons (Fsp3) is 0.619. The number of halogens is 1. The second-order valence-corrected chi connectivity index (χ2v) is 8.62. The molecule has 0 unspecified atom stereocenters. The number of hydrogen-bond acceptors (Lipinski definition) is 4. The Balaban J connectivity index is 1.34. The molecule has 2 saturated heterocycles. The van der Waals surface area contributed by atoms with Gasteiger partial charge in [-0.15, -0.1) is 0 Å². The van der Waals surface area contributed by atoms with Gasteiger partial charge >= 0.3 is 0 Å². The number of amides is 2. The van der Waals surface area contributed by atoms with Gasteiger partial charge in [-0.2, -0.15) is 0 Å². The lowest BCUT2D eigenvalue weighted by Gasteiger charge is -2.33. The number of carbonyl (C=O) groups excluding carboxylic acids is 2. The quantitative estimate of drug-likeness (QED) is 0.639. The Morgan fingerprint density at radius 1 is 1.11 bits per heavy atom. The van der Waals surface area contributed by atoms with Crippen molar-refractivity contribution in [3.63, 3.8) is 0 Å². The van der Waals surface area contributed by atoms with Crippen LogP contribution in [0.1, 0.15) is 25.7 Å². The van der Waals surface area contributed by atoms with Crippen molar-refractivity contribution >= 4 is 27.7 Å². The summed E-state index contributed by atoms with van der Waals surface area (Å²) in [4.78, 5) is 30.9. The first-order chi connectivity index (χ1) is 13.5. The molecule has 0 aliphatic carbocycles. The minimum Gasteiger partial charge on any atom is -0.492 e. The maximum absolute atomic E-state index is 12.5. The van der Waals surface area contributed by atoms with Crippen LogP contribution in [-0.4, -0.2) is 79.4 Å². The molecule has 0 atom stereocenters. The van der Waals surface area contributed by atoms with Crippen molar-refractivity contribution in [1.29, 1.82) is 0 Å². The molecule has 2 aliphatic rings. The van der Waals surface area contributed by atoms with E-state index in [-0.39, 0.29) is 11.8 Å². The van der Waals surface area contributed by atoms with E-state index in [1.54, 1.807) is 4.90 Å². The number of ether oxygens (including phenoxy) is 1. The summed E-state index contributed by atoms with van der Waals surface area (Å²) in [5, 5.41) is 0. The van der Waals surface area contributed by atoms with Crippen LogP contribution in [0.3, 0.4) is 0 Å². The molecular formula is C21H30BrN3O3. The molecule has 0 N–H and O–H groups in total. The Bertz CT molecular complexity index is 653. The van der Waals surface area contributed by atoms with E-state index in [1.807, 2.05) is 36.2 Å². The van der Waals surface area contributed by atoms with E-state index in [4.69, 9.17) is 4.74 Å². The number of rotatable bonds is 7. The summed E-state index contributed by atoms with van der Waals surface area (Å²) in [6, 6.07) is 7.67. The maximum Gasteiger partial charge on any atom is 0.236 e. The first-order valence-electron chi connectivity index (χ1n) is 10.2. The highest BCUT2D eigenvalue weighted by atomic mass is 79.9. The van der Waals surface area contributed by atoms with E-state index < -0.39 is 0 Å². The van der Waals surface area contributed by atoms with Gasteiger partial charge in [-0.05, 0) is 63.0 Å². The highest BCUT2D eigenvalue weighted by Gasteiger charge is 2.30. The van der Waals surface area contributed by atoms with E-state index in [1.165, 1.54) is 0 Å². The number of nitrogens with zero attached hydrogens (tertiary/aromatic N) is 3. The topological polar surface area (TPSA) is 53.1 Å². The third-order valence-electron chi connectivity index (χ3n) is 5.65. The zero-order chi connectivity index (χ0) is 19.9. The molecule has 1 aromatic rings. The van der Waals surface area contributed by atoms with Gasteiger partial charge in [0.1, 0.15) is 12.4 Å². The van der Waals surface area contributed by atoms with Gasteiger partial charge in [-0.25, -0.2) is 0 Å². The van der Waals surface area contributed by atoms with Crippen LogP contribution in [0.5, 0.6) is 5.75 Å². The lowest BCUT2D eigenvalue weighted by atomic mass is 9.95. The van der Waals surface area contributed by atoms with Crippen LogP contribution in [0.4, 0.5) is 0 Å². The van der Waals surface area contributed by atoms with E-state index in [0.717, 1.165) is 62.1 Å². The van der Waals surface area contributed by atoms with Crippen LogP contribution in [0.25, 0.3) is 0 Å². The molecule has 1 aromatic carbocycles. The van der Waals surface area contributed by atoms with Crippen molar-refractivity contribution in [3.05, 3.63) is 28.7 Å². The summed E-state index contributed by atoms with van der Waals surface area (Å²) in [6.07, 6.45) is 3.99. The van der Waals surface area contributed by atoms with Crippen LogP contribution in [0.2, 0.25) is 0 Å². The molecule has 3 rings (SSSR count). The second-order valence-electron chi connectivity index (χ2n) is 7.70. The van der Waals surface area contributed by atoms with Gasteiger partial charge in [0.15, 0.2) is 0 Å². The van der Waals surface area contributed by atoms with Crippen LogP contribution in [-0.2, 0) is 9.59 Å². The van der Waals surface area contributed by atoms with Crippen molar-refractivity contribution in [2.75, 3.05) is 52.9 Å². The molecule has 2 amide bonds. The minimum atomic E-state index is 0.101. The predicted octanol–water partition coefficient (Wildman–Crippen LogP) is 2.62. The van der Waals surface area contributed by atoms with Crippen molar-refractivity contribution in [2.24, 2.45) is 5.92 Å². The summed E-state index contributed by atoms with van der Waals surface area (Å²) in [6.45, 7) is 4.92. The summed E-state index contributed by atoms with van der Waals surface area (Å²) in [5.41, 5.74) is 0. The van der Waals surface area contributed by atoms with Gasteiger partial charge in [0, 0.05) is 30.5 Å². The standard InChI is InChI=1S/C21H30BrN3O3/c1-23(14-15-28-19-6-4-18(22)5-7-19)20(26)16-24-12-8-17(9-13-24)21(27)25-10-2-3-11-25/h4-7,17H,2-3,8-16H2,1H3. The smallest absolute Gasteiger partial charge is 0.236 e. The highest BCUT2D eigenvalue weighted by Crippen LogP contribution is 2.22. The molecule has 0 saturated carbocycles. The number of likely N-dealkylation sites (tertiary alicyclic amines) is 2. The van der Waals surface area contributed by atoms with Crippen molar-refractivity contribution in [2.45, 2.75) is 25.7 Å². The Morgan fingerprint density at radius 2 is 1.75 bits per heavy atom. The number of piperidine rings is 1. The zero-order valence-electron chi connectivity index (χ0n) is 16.6. The summed E-state index contributed by atoms with van der Waals surface area (Å²) >= 11 is 3.40. The van der Waals surface area contributed by atoms with Crippen LogP contribution >= 0.6 is 15.9 Å². The van der Waals surface area contributed by atoms with Crippen molar-refractivity contribution in [1.82, 2.24) is 14.7 Å². The Morgan fingerprint density at radius 3 is 2.39 bits per heavy atom.